The van der Waals surface area contributed by atoms with Gasteiger partial charge in [0, 0.05) is 24.2 Å². The zero-order chi connectivity index (χ0) is 21.2. The van der Waals surface area contributed by atoms with E-state index in [2.05, 4.69) is 11.1 Å². The van der Waals surface area contributed by atoms with Gasteiger partial charge in [0.25, 0.3) is 0 Å². The number of hydrogen-bond acceptors (Lipinski definition) is 5. The standard InChI is InChI=1S/C24H27NO5/c1-18-7-6-9-20(24(18)30-17-23(26)27)15-28-13-4-5-14-29-16-21-12-11-19-8-2-3-10-22(19)25-21/h2-3,6-12H,4-5,13-17H2,1H3,(H,26,27). The number of nitrogens with zero attached hydrogens (tertiary/aromatic N) is 1. The van der Waals surface area contributed by atoms with Gasteiger partial charge in [0.15, 0.2) is 6.61 Å². The molecule has 2 aromatic carbocycles. The van der Waals surface area contributed by atoms with Crippen molar-refractivity contribution >= 4 is 16.9 Å². The minimum absolute atomic E-state index is 0.360. The maximum atomic E-state index is 10.8. The Morgan fingerprint density at radius 3 is 2.50 bits per heavy atom. The summed E-state index contributed by atoms with van der Waals surface area (Å²) in [5.41, 5.74) is 3.66. The number of carboxylic acid groups (broad SMARTS) is 1. The molecular formula is C24H27NO5. The number of fused-ring (bicyclic) bond motifs is 1. The SMILES string of the molecule is Cc1cccc(COCCCCOCc2ccc3ccccc3n2)c1OCC(=O)O. The summed E-state index contributed by atoms with van der Waals surface area (Å²) in [6.45, 7) is 3.67. The van der Waals surface area contributed by atoms with E-state index in [1.807, 2.05) is 55.5 Å². The molecule has 158 valence electrons. The van der Waals surface area contributed by atoms with E-state index in [4.69, 9.17) is 19.3 Å². The number of rotatable bonds is 12. The maximum absolute atomic E-state index is 10.8. The molecule has 0 aliphatic heterocycles. The molecule has 0 radical (unpaired) electrons. The molecule has 1 heterocycles. The van der Waals surface area contributed by atoms with Gasteiger partial charge in [-0.25, -0.2) is 4.79 Å². The Morgan fingerprint density at radius 2 is 1.70 bits per heavy atom. The third-order valence-corrected chi connectivity index (χ3v) is 4.62. The summed E-state index contributed by atoms with van der Waals surface area (Å²) in [7, 11) is 0. The number of hydrogen-bond donors (Lipinski definition) is 1. The summed E-state index contributed by atoms with van der Waals surface area (Å²) in [5.74, 6) is -0.407. The fourth-order valence-corrected chi connectivity index (χ4v) is 3.12. The van der Waals surface area contributed by atoms with Gasteiger partial charge in [-0.15, -0.1) is 0 Å². The minimum Gasteiger partial charge on any atom is -0.481 e. The highest BCUT2D eigenvalue weighted by Crippen LogP contribution is 2.24. The van der Waals surface area contributed by atoms with Crippen molar-refractivity contribution in [1.82, 2.24) is 4.98 Å². The van der Waals surface area contributed by atoms with E-state index >= 15 is 0 Å². The number of aliphatic carboxylic acids is 1. The Bertz CT molecular complexity index is 973. The van der Waals surface area contributed by atoms with E-state index in [0.717, 1.165) is 40.6 Å². The summed E-state index contributed by atoms with van der Waals surface area (Å²) in [6, 6.07) is 17.8. The largest absolute Gasteiger partial charge is 0.481 e. The first kappa shape index (κ1) is 21.7. The summed E-state index contributed by atoms with van der Waals surface area (Å²) < 4.78 is 16.9. The van der Waals surface area contributed by atoms with Crippen LogP contribution in [0.4, 0.5) is 0 Å². The highest BCUT2D eigenvalue weighted by Gasteiger charge is 2.09. The fraction of sp³-hybridized carbons (Fsp3) is 0.333. The predicted molar refractivity (Wildman–Crippen MR) is 115 cm³/mol. The van der Waals surface area contributed by atoms with Gasteiger partial charge < -0.3 is 19.3 Å². The van der Waals surface area contributed by atoms with Crippen LogP contribution in [-0.2, 0) is 27.5 Å². The van der Waals surface area contributed by atoms with E-state index in [0.29, 0.717) is 32.2 Å². The van der Waals surface area contributed by atoms with E-state index in [9.17, 15) is 4.79 Å². The van der Waals surface area contributed by atoms with Crippen LogP contribution in [0, 0.1) is 6.92 Å². The molecule has 1 N–H and O–H groups in total. The molecule has 0 aliphatic carbocycles. The van der Waals surface area contributed by atoms with E-state index in [1.165, 1.54) is 0 Å². The maximum Gasteiger partial charge on any atom is 0.341 e. The van der Waals surface area contributed by atoms with E-state index in [1.54, 1.807) is 0 Å². The Kier molecular flexibility index (Phi) is 8.18. The normalized spacial score (nSPS) is 11.0. The highest BCUT2D eigenvalue weighted by molar-refractivity contribution is 5.78. The number of carboxylic acids is 1. The quantitative estimate of drug-likeness (QED) is 0.443. The number of aromatic nitrogens is 1. The second-order valence-electron chi connectivity index (χ2n) is 7.05. The lowest BCUT2D eigenvalue weighted by atomic mass is 10.1. The monoisotopic (exact) mass is 409 g/mol. The zero-order valence-corrected chi connectivity index (χ0v) is 17.2. The number of pyridine rings is 1. The zero-order valence-electron chi connectivity index (χ0n) is 17.2. The minimum atomic E-state index is -0.996. The number of benzene rings is 2. The van der Waals surface area contributed by atoms with Crippen molar-refractivity contribution in [2.24, 2.45) is 0 Å². The van der Waals surface area contributed by atoms with Crippen molar-refractivity contribution in [3.05, 3.63) is 71.4 Å². The van der Waals surface area contributed by atoms with Crippen LogP contribution >= 0.6 is 0 Å². The molecule has 0 saturated heterocycles. The summed E-state index contributed by atoms with van der Waals surface area (Å²) in [4.78, 5) is 15.4. The van der Waals surface area contributed by atoms with Crippen LogP contribution < -0.4 is 4.74 Å². The average Bonchev–Trinajstić information content (AvgIpc) is 2.74. The third kappa shape index (κ3) is 6.54. The summed E-state index contributed by atoms with van der Waals surface area (Å²) in [6.07, 6.45) is 1.77. The second kappa shape index (κ2) is 11.3. The van der Waals surface area contributed by atoms with Crippen LogP contribution in [0.1, 0.15) is 29.7 Å². The molecule has 0 fully saturated rings. The Hall–Kier alpha value is -2.96. The van der Waals surface area contributed by atoms with Gasteiger partial charge in [0.2, 0.25) is 0 Å². The van der Waals surface area contributed by atoms with Crippen molar-refractivity contribution < 1.29 is 24.1 Å². The molecule has 0 spiro atoms. The van der Waals surface area contributed by atoms with Gasteiger partial charge in [-0.2, -0.15) is 0 Å². The molecule has 0 unspecified atom stereocenters. The van der Waals surface area contributed by atoms with Crippen LogP contribution in [0.25, 0.3) is 10.9 Å². The Balaban J connectivity index is 1.33. The molecule has 0 amide bonds. The molecule has 30 heavy (non-hydrogen) atoms. The lowest BCUT2D eigenvalue weighted by Crippen LogP contribution is -2.11. The van der Waals surface area contributed by atoms with Gasteiger partial charge in [-0.05, 0) is 37.5 Å². The molecule has 6 heteroatoms. The summed E-state index contributed by atoms with van der Waals surface area (Å²) in [5, 5.41) is 9.95. The molecule has 6 nitrogen and oxygen atoms in total. The lowest BCUT2D eigenvalue weighted by molar-refractivity contribution is -0.139. The number of carbonyl (C=O) groups is 1. The smallest absolute Gasteiger partial charge is 0.341 e. The van der Waals surface area contributed by atoms with Crippen molar-refractivity contribution in [3.63, 3.8) is 0 Å². The van der Waals surface area contributed by atoms with Gasteiger partial charge >= 0.3 is 5.97 Å². The highest BCUT2D eigenvalue weighted by atomic mass is 16.5. The Labute approximate surface area is 176 Å². The average molecular weight is 409 g/mol. The topological polar surface area (TPSA) is 77.9 Å². The van der Waals surface area contributed by atoms with Crippen LogP contribution in [0.2, 0.25) is 0 Å². The first-order valence-corrected chi connectivity index (χ1v) is 10.1. The second-order valence-corrected chi connectivity index (χ2v) is 7.05. The molecule has 0 aliphatic rings. The molecule has 0 bridgehead atoms. The van der Waals surface area contributed by atoms with Crippen molar-refractivity contribution in [1.29, 1.82) is 0 Å². The molecule has 0 atom stereocenters. The lowest BCUT2D eigenvalue weighted by Gasteiger charge is -2.13. The molecule has 3 aromatic rings. The van der Waals surface area contributed by atoms with Crippen molar-refractivity contribution in [2.45, 2.75) is 33.0 Å². The third-order valence-electron chi connectivity index (χ3n) is 4.62. The van der Waals surface area contributed by atoms with E-state index < -0.39 is 5.97 Å². The fourth-order valence-electron chi connectivity index (χ4n) is 3.12. The van der Waals surface area contributed by atoms with E-state index in [-0.39, 0.29) is 6.61 Å². The molecule has 0 saturated carbocycles. The van der Waals surface area contributed by atoms with Gasteiger partial charge in [-0.3, -0.25) is 4.98 Å². The summed E-state index contributed by atoms with van der Waals surface area (Å²) >= 11 is 0. The molecule has 1 aromatic heterocycles. The van der Waals surface area contributed by atoms with Gasteiger partial charge in [-0.1, -0.05) is 42.5 Å². The van der Waals surface area contributed by atoms with Gasteiger partial charge in [0.05, 0.1) is 24.4 Å². The molecular weight excluding hydrogens is 382 g/mol. The predicted octanol–water partition coefficient (Wildman–Crippen LogP) is 4.52. The van der Waals surface area contributed by atoms with Gasteiger partial charge in [0.1, 0.15) is 5.75 Å². The Morgan fingerprint density at radius 1 is 0.933 bits per heavy atom. The van der Waals surface area contributed by atoms with Crippen LogP contribution in [-0.4, -0.2) is 35.9 Å². The van der Waals surface area contributed by atoms with Crippen molar-refractivity contribution in [2.75, 3.05) is 19.8 Å². The van der Waals surface area contributed by atoms with Crippen molar-refractivity contribution in [3.8, 4) is 5.75 Å². The number of aryl methyl sites for hydroxylation is 1. The number of unbranched alkanes of at least 4 members (excludes halogenated alkanes) is 1. The first-order chi connectivity index (χ1) is 14.6. The van der Waals surface area contributed by atoms with Crippen LogP contribution in [0.5, 0.6) is 5.75 Å². The number of para-hydroxylation sites is 2. The number of ether oxygens (including phenoxy) is 3. The van der Waals surface area contributed by atoms with Crippen LogP contribution in [0.15, 0.2) is 54.6 Å². The molecule has 3 rings (SSSR count). The first-order valence-electron chi connectivity index (χ1n) is 10.1. The van der Waals surface area contributed by atoms with Crippen LogP contribution in [0.3, 0.4) is 0 Å².